The zero-order chi connectivity index (χ0) is 12.6. The smallest absolute Gasteiger partial charge is 0.123 e. The van der Waals surface area contributed by atoms with Crippen LogP contribution in [0.25, 0.3) is 0 Å². The molecule has 0 aliphatic rings. The molecule has 2 aromatic rings. The first-order valence-corrected chi connectivity index (χ1v) is 6.22. The van der Waals surface area contributed by atoms with Crippen LogP contribution in [0.5, 0.6) is 0 Å². The molecule has 0 radical (unpaired) electrons. The Morgan fingerprint density at radius 2 is 1.88 bits per heavy atom. The number of aliphatic hydroxyl groups excluding tert-OH is 1. The number of aliphatic hydroxyl groups is 1. The highest BCUT2D eigenvalue weighted by Gasteiger charge is 2.15. The van der Waals surface area contributed by atoms with Crippen molar-refractivity contribution in [2.45, 2.75) is 20.0 Å². The van der Waals surface area contributed by atoms with Crippen LogP contribution in [0, 0.1) is 13.8 Å². The van der Waals surface area contributed by atoms with Crippen molar-refractivity contribution in [3.05, 3.63) is 51.3 Å². The summed E-state index contributed by atoms with van der Waals surface area (Å²) in [4.78, 5) is 0. The second-order valence-corrected chi connectivity index (χ2v) is 5.08. The van der Waals surface area contributed by atoms with Gasteiger partial charge < -0.3 is 5.11 Å². The van der Waals surface area contributed by atoms with Crippen LogP contribution >= 0.6 is 15.9 Å². The molecule has 0 saturated heterocycles. The molecular formula is C13H15BrN2O. The largest absolute Gasteiger partial charge is 0.382 e. The summed E-state index contributed by atoms with van der Waals surface area (Å²) in [6.45, 7) is 4.04. The van der Waals surface area contributed by atoms with E-state index in [1.807, 2.05) is 45.3 Å². The summed E-state index contributed by atoms with van der Waals surface area (Å²) in [5.74, 6) is 0. The Morgan fingerprint density at radius 3 is 2.35 bits per heavy atom. The van der Waals surface area contributed by atoms with E-state index in [1.54, 1.807) is 4.68 Å². The summed E-state index contributed by atoms with van der Waals surface area (Å²) in [5.41, 5.74) is 3.79. The lowest BCUT2D eigenvalue weighted by atomic mass is 10.0. The number of hydrogen-bond acceptors (Lipinski definition) is 2. The Labute approximate surface area is 109 Å². The Balaban J connectivity index is 2.41. The van der Waals surface area contributed by atoms with E-state index in [-0.39, 0.29) is 0 Å². The molecule has 0 saturated carbocycles. The molecule has 0 amide bonds. The van der Waals surface area contributed by atoms with E-state index in [0.717, 1.165) is 21.2 Å². The molecule has 4 heteroatoms. The molecule has 1 heterocycles. The second kappa shape index (κ2) is 4.63. The van der Waals surface area contributed by atoms with Crippen molar-refractivity contribution >= 4 is 15.9 Å². The molecule has 0 aliphatic carbocycles. The highest BCUT2D eigenvalue weighted by Crippen LogP contribution is 2.28. The molecular weight excluding hydrogens is 280 g/mol. The van der Waals surface area contributed by atoms with Gasteiger partial charge >= 0.3 is 0 Å². The van der Waals surface area contributed by atoms with Gasteiger partial charge in [0.05, 0.1) is 5.69 Å². The average Bonchev–Trinajstić information content (AvgIpc) is 2.71. The molecule has 1 aromatic heterocycles. The standard InChI is InChI=1S/C13H15BrN2O/c1-8-6-10(7-9(2)12(8)14)13(17)11-4-5-16(3)15-11/h4-7,13,17H,1-3H3. The Kier molecular flexibility index (Phi) is 3.35. The maximum atomic E-state index is 10.3. The number of rotatable bonds is 2. The number of aromatic nitrogens is 2. The fraction of sp³-hybridized carbons (Fsp3) is 0.308. The SMILES string of the molecule is Cc1cc(C(O)c2ccn(C)n2)cc(C)c1Br. The minimum Gasteiger partial charge on any atom is -0.382 e. The quantitative estimate of drug-likeness (QED) is 0.925. The van der Waals surface area contributed by atoms with Gasteiger partial charge in [-0.15, -0.1) is 0 Å². The molecule has 17 heavy (non-hydrogen) atoms. The molecule has 1 aromatic carbocycles. The van der Waals surface area contributed by atoms with E-state index in [9.17, 15) is 5.11 Å². The minimum atomic E-state index is -0.665. The zero-order valence-electron chi connectivity index (χ0n) is 10.1. The predicted octanol–water partition coefficient (Wildman–Crippen LogP) is 2.88. The number of halogens is 1. The monoisotopic (exact) mass is 294 g/mol. The summed E-state index contributed by atoms with van der Waals surface area (Å²) in [6.07, 6.45) is 1.17. The molecule has 0 bridgehead atoms. The third kappa shape index (κ3) is 2.42. The van der Waals surface area contributed by atoms with Crippen molar-refractivity contribution in [2.24, 2.45) is 7.05 Å². The van der Waals surface area contributed by atoms with E-state index in [0.29, 0.717) is 5.69 Å². The number of hydrogen-bond donors (Lipinski definition) is 1. The summed E-state index contributed by atoms with van der Waals surface area (Å²) >= 11 is 3.52. The van der Waals surface area contributed by atoms with Crippen LogP contribution in [0.2, 0.25) is 0 Å². The van der Waals surface area contributed by atoms with Gasteiger partial charge in [-0.25, -0.2) is 0 Å². The van der Waals surface area contributed by atoms with Gasteiger partial charge in [0.15, 0.2) is 0 Å². The van der Waals surface area contributed by atoms with E-state index < -0.39 is 6.10 Å². The van der Waals surface area contributed by atoms with Crippen molar-refractivity contribution in [3.63, 3.8) is 0 Å². The predicted molar refractivity (Wildman–Crippen MR) is 70.9 cm³/mol. The maximum absolute atomic E-state index is 10.3. The second-order valence-electron chi connectivity index (χ2n) is 4.29. The fourth-order valence-corrected chi connectivity index (χ4v) is 2.12. The zero-order valence-corrected chi connectivity index (χ0v) is 11.7. The van der Waals surface area contributed by atoms with Crippen molar-refractivity contribution in [2.75, 3.05) is 0 Å². The van der Waals surface area contributed by atoms with E-state index >= 15 is 0 Å². The van der Waals surface area contributed by atoms with Gasteiger partial charge in [-0.2, -0.15) is 5.10 Å². The lowest BCUT2D eigenvalue weighted by molar-refractivity contribution is 0.214. The van der Waals surface area contributed by atoms with E-state index in [2.05, 4.69) is 21.0 Å². The Morgan fingerprint density at radius 1 is 1.29 bits per heavy atom. The molecule has 1 N–H and O–H groups in total. The highest BCUT2D eigenvalue weighted by atomic mass is 79.9. The molecule has 1 atom stereocenters. The molecule has 90 valence electrons. The van der Waals surface area contributed by atoms with Gasteiger partial charge in [0.25, 0.3) is 0 Å². The lowest BCUT2D eigenvalue weighted by Crippen LogP contribution is -2.03. The van der Waals surface area contributed by atoms with Crippen LogP contribution in [0.3, 0.4) is 0 Å². The third-order valence-electron chi connectivity index (χ3n) is 2.79. The first-order chi connectivity index (χ1) is 7.99. The van der Waals surface area contributed by atoms with E-state index in [1.165, 1.54) is 0 Å². The molecule has 0 spiro atoms. The fourth-order valence-electron chi connectivity index (χ4n) is 1.89. The molecule has 3 nitrogen and oxygen atoms in total. The minimum absolute atomic E-state index is 0.665. The van der Waals surface area contributed by atoms with Gasteiger partial charge in [-0.05, 0) is 36.6 Å². The van der Waals surface area contributed by atoms with Crippen LogP contribution in [-0.2, 0) is 7.05 Å². The van der Waals surface area contributed by atoms with Crippen molar-refractivity contribution in [1.29, 1.82) is 0 Å². The van der Waals surface area contributed by atoms with Crippen molar-refractivity contribution < 1.29 is 5.11 Å². The lowest BCUT2D eigenvalue weighted by Gasteiger charge is -2.12. The molecule has 2 rings (SSSR count). The van der Waals surface area contributed by atoms with Crippen LogP contribution < -0.4 is 0 Å². The van der Waals surface area contributed by atoms with Gasteiger partial charge in [-0.1, -0.05) is 28.1 Å². The average molecular weight is 295 g/mol. The summed E-state index contributed by atoms with van der Waals surface area (Å²) < 4.78 is 2.78. The van der Waals surface area contributed by atoms with Gasteiger partial charge in [0.2, 0.25) is 0 Å². The van der Waals surface area contributed by atoms with Gasteiger partial charge in [0.1, 0.15) is 6.10 Å². The molecule has 0 fully saturated rings. The first-order valence-electron chi connectivity index (χ1n) is 5.43. The van der Waals surface area contributed by atoms with Gasteiger partial charge in [-0.3, -0.25) is 4.68 Å². The topological polar surface area (TPSA) is 38.0 Å². The summed E-state index contributed by atoms with van der Waals surface area (Å²) in [5, 5.41) is 14.5. The Hall–Kier alpha value is -1.13. The van der Waals surface area contributed by atoms with Gasteiger partial charge in [0, 0.05) is 17.7 Å². The van der Waals surface area contributed by atoms with Crippen LogP contribution in [0.4, 0.5) is 0 Å². The molecule has 1 unspecified atom stereocenters. The first kappa shape index (κ1) is 12.3. The van der Waals surface area contributed by atoms with Crippen molar-refractivity contribution in [1.82, 2.24) is 9.78 Å². The number of aryl methyl sites for hydroxylation is 3. The van der Waals surface area contributed by atoms with E-state index in [4.69, 9.17) is 0 Å². The Bertz CT molecular complexity index is 525. The molecule has 0 aliphatic heterocycles. The third-order valence-corrected chi connectivity index (χ3v) is 4.04. The van der Waals surface area contributed by atoms with Crippen molar-refractivity contribution in [3.8, 4) is 0 Å². The van der Waals surface area contributed by atoms with Crippen LogP contribution in [0.1, 0.15) is 28.5 Å². The summed E-state index contributed by atoms with van der Waals surface area (Å²) in [6, 6.07) is 5.80. The van der Waals surface area contributed by atoms with Crippen LogP contribution in [0.15, 0.2) is 28.9 Å². The number of benzene rings is 1. The normalized spacial score (nSPS) is 12.8. The van der Waals surface area contributed by atoms with Crippen LogP contribution in [-0.4, -0.2) is 14.9 Å². The maximum Gasteiger partial charge on any atom is 0.123 e. The number of nitrogens with zero attached hydrogens (tertiary/aromatic N) is 2. The summed E-state index contributed by atoms with van der Waals surface area (Å²) in [7, 11) is 1.84. The highest BCUT2D eigenvalue weighted by molar-refractivity contribution is 9.10.